The second-order valence-electron chi connectivity index (χ2n) is 7.61. The zero-order valence-electron chi connectivity index (χ0n) is 18.3. The van der Waals surface area contributed by atoms with Gasteiger partial charge in [-0.2, -0.15) is 0 Å². The quantitative estimate of drug-likeness (QED) is 0.479. The van der Waals surface area contributed by atoms with E-state index in [1.165, 1.54) is 0 Å². The van der Waals surface area contributed by atoms with E-state index >= 15 is 0 Å². The number of aromatic nitrogens is 1. The molecule has 0 fully saturated rings. The standard InChI is InChI=1S/C19H36N6O2S/c1-8-11-25(18(26)27-19(3,4)5)12-10-21-16(20-9-2)22-13-15-14-28-17(23-15)24(6)7/h14H,8-13H2,1-7H3,(H2,20,21,22). The van der Waals surface area contributed by atoms with Gasteiger partial charge in [-0.05, 0) is 34.1 Å². The fraction of sp³-hybridized carbons (Fsp3) is 0.737. The van der Waals surface area contributed by atoms with E-state index in [0.717, 1.165) is 23.8 Å². The molecule has 0 unspecified atom stereocenters. The number of rotatable bonds is 9. The fourth-order valence-electron chi connectivity index (χ4n) is 2.28. The van der Waals surface area contributed by atoms with Crippen LogP contribution in [0.3, 0.4) is 0 Å². The molecule has 0 aliphatic heterocycles. The second kappa shape index (κ2) is 11.7. The number of aliphatic imine (C=N–C) groups is 1. The molecule has 1 aromatic heterocycles. The van der Waals surface area contributed by atoms with Crippen molar-refractivity contribution >= 4 is 28.5 Å². The summed E-state index contributed by atoms with van der Waals surface area (Å²) in [6.07, 6.45) is 0.600. The molecule has 0 spiro atoms. The predicted octanol–water partition coefficient (Wildman–Crippen LogP) is 2.91. The van der Waals surface area contributed by atoms with Gasteiger partial charge < -0.3 is 25.2 Å². The first-order chi connectivity index (χ1) is 13.2. The topological polar surface area (TPSA) is 82.1 Å². The minimum absolute atomic E-state index is 0.281. The van der Waals surface area contributed by atoms with Crippen molar-refractivity contribution in [1.29, 1.82) is 0 Å². The molecule has 0 aromatic carbocycles. The molecule has 0 aliphatic rings. The first-order valence-electron chi connectivity index (χ1n) is 9.78. The summed E-state index contributed by atoms with van der Waals surface area (Å²) in [5.74, 6) is 0.711. The highest BCUT2D eigenvalue weighted by Gasteiger charge is 2.21. The number of ether oxygens (including phenoxy) is 1. The summed E-state index contributed by atoms with van der Waals surface area (Å²) < 4.78 is 5.49. The first kappa shape index (κ1) is 24.0. The van der Waals surface area contributed by atoms with Gasteiger partial charge in [-0.1, -0.05) is 6.92 Å². The number of anilines is 1. The zero-order valence-corrected chi connectivity index (χ0v) is 19.2. The van der Waals surface area contributed by atoms with Crippen LogP contribution in [-0.2, 0) is 11.3 Å². The third-order valence-electron chi connectivity index (χ3n) is 3.48. The van der Waals surface area contributed by atoms with Gasteiger partial charge in [-0.3, -0.25) is 0 Å². The molecule has 28 heavy (non-hydrogen) atoms. The van der Waals surface area contributed by atoms with Crippen LogP contribution >= 0.6 is 11.3 Å². The predicted molar refractivity (Wildman–Crippen MR) is 117 cm³/mol. The Morgan fingerprint density at radius 2 is 1.96 bits per heavy atom. The van der Waals surface area contributed by atoms with Crippen LogP contribution in [0.25, 0.3) is 0 Å². The van der Waals surface area contributed by atoms with Crippen LogP contribution < -0.4 is 15.5 Å². The number of amides is 1. The van der Waals surface area contributed by atoms with Gasteiger partial charge in [0.1, 0.15) is 5.60 Å². The van der Waals surface area contributed by atoms with Crippen molar-refractivity contribution in [3.05, 3.63) is 11.1 Å². The van der Waals surface area contributed by atoms with E-state index in [-0.39, 0.29) is 6.09 Å². The lowest BCUT2D eigenvalue weighted by molar-refractivity contribution is 0.0253. The molecule has 0 aliphatic carbocycles. The van der Waals surface area contributed by atoms with Crippen molar-refractivity contribution in [3.8, 4) is 0 Å². The minimum atomic E-state index is -0.494. The Balaban J connectivity index is 2.60. The van der Waals surface area contributed by atoms with Crippen LogP contribution in [-0.4, -0.2) is 67.8 Å². The van der Waals surface area contributed by atoms with Crippen LogP contribution in [0.1, 0.15) is 46.7 Å². The number of nitrogens with one attached hydrogen (secondary N) is 2. The van der Waals surface area contributed by atoms with Crippen LogP contribution in [0.2, 0.25) is 0 Å². The fourth-order valence-corrected chi connectivity index (χ4v) is 3.03. The summed E-state index contributed by atoms with van der Waals surface area (Å²) in [5, 5.41) is 9.50. The Morgan fingerprint density at radius 3 is 2.50 bits per heavy atom. The molecule has 0 saturated heterocycles. The van der Waals surface area contributed by atoms with Gasteiger partial charge >= 0.3 is 6.09 Å². The van der Waals surface area contributed by atoms with Crippen molar-refractivity contribution in [2.75, 3.05) is 45.2 Å². The molecule has 0 atom stereocenters. The molecule has 8 nitrogen and oxygen atoms in total. The molecule has 0 saturated carbocycles. The average molecular weight is 413 g/mol. The lowest BCUT2D eigenvalue weighted by atomic mass is 10.2. The van der Waals surface area contributed by atoms with Crippen molar-refractivity contribution in [2.24, 2.45) is 4.99 Å². The Labute approximate surface area is 173 Å². The average Bonchev–Trinajstić information content (AvgIpc) is 3.06. The van der Waals surface area contributed by atoms with E-state index in [2.05, 4.69) is 20.6 Å². The van der Waals surface area contributed by atoms with Gasteiger partial charge in [-0.15, -0.1) is 11.3 Å². The molecule has 2 N–H and O–H groups in total. The highest BCUT2D eigenvalue weighted by molar-refractivity contribution is 7.13. The van der Waals surface area contributed by atoms with E-state index in [9.17, 15) is 4.79 Å². The van der Waals surface area contributed by atoms with Crippen LogP contribution in [0.4, 0.5) is 9.93 Å². The number of nitrogens with zero attached hydrogens (tertiary/aromatic N) is 4. The summed E-state index contributed by atoms with van der Waals surface area (Å²) in [5.41, 5.74) is 0.443. The molecule has 1 aromatic rings. The number of carbonyl (C=O) groups excluding carboxylic acids is 1. The molecule has 160 valence electrons. The Kier molecular flexibility index (Phi) is 10.1. The Morgan fingerprint density at radius 1 is 1.25 bits per heavy atom. The summed E-state index contributed by atoms with van der Waals surface area (Å²) >= 11 is 1.60. The van der Waals surface area contributed by atoms with Crippen LogP contribution in [0, 0.1) is 0 Å². The smallest absolute Gasteiger partial charge is 0.410 e. The first-order valence-corrected chi connectivity index (χ1v) is 10.7. The molecule has 9 heteroatoms. The van der Waals surface area contributed by atoms with Crippen molar-refractivity contribution in [1.82, 2.24) is 20.5 Å². The van der Waals surface area contributed by atoms with Gasteiger partial charge in [0.25, 0.3) is 0 Å². The molecular weight excluding hydrogens is 376 g/mol. The molecule has 0 radical (unpaired) electrons. The molecule has 1 amide bonds. The zero-order chi connectivity index (χ0) is 21.2. The molecule has 0 bridgehead atoms. The normalized spacial score (nSPS) is 11.9. The minimum Gasteiger partial charge on any atom is -0.444 e. The highest BCUT2D eigenvalue weighted by atomic mass is 32.1. The van der Waals surface area contributed by atoms with Crippen molar-refractivity contribution in [2.45, 2.75) is 53.2 Å². The van der Waals surface area contributed by atoms with Gasteiger partial charge in [0, 0.05) is 45.7 Å². The summed E-state index contributed by atoms with van der Waals surface area (Å²) in [4.78, 5) is 25.2. The monoisotopic (exact) mass is 412 g/mol. The van der Waals surface area contributed by atoms with Gasteiger partial charge in [-0.25, -0.2) is 14.8 Å². The summed E-state index contributed by atoms with van der Waals surface area (Å²) in [6.45, 7) is 12.8. The lowest BCUT2D eigenvalue weighted by Gasteiger charge is -2.27. The maximum absolute atomic E-state index is 12.3. The van der Waals surface area contributed by atoms with Gasteiger partial charge in [0.2, 0.25) is 0 Å². The number of guanidine groups is 1. The Hall–Kier alpha value is -2.03. The third-order valence-corrected chi connectivity index (χ3v) is 4.54. The number of thiazole rings is 1. The maximum atomic E-state index is 12.3. The van der Waals surface area contributed by atoms with Crippen molar-refractivity contribution in [3.63, 3.8) is 0 Å². The highest BCUT2D eigenvalue weighted by Crippen LogP contribution is 2.18. The Bertz CT molecular complexity index is 624. The second-order valence-corrected chi connectivity index (χ2v) is 8.44. The van der Waals surface area contributed by atoms with Crippen LogP contribution in [0.5, 0.6) is 0 Å². The van der Waals surface area contributed by atoms with Crippen LogP contribution in [0.15, 0.2) is 10.4 Å². The number of carbonyl (C=O) groups is 1. The van der Waals surface area contributed by atoms with Gasteiger partial charge in [0.15, 0.2) is 11.1 Å². The van der Waals surface area contributed by atoms with E-state index < -0.39 is 5.60 Å². The lowest BCUT2D eigenvalue weighted by Crippen LogP contribution is -2.44. The summed E-state index contributed by atoms with van der Waals surface area (Å²) in [6, 6.07) is 0. The molecule has 1 heterocycles. The summed E-state index contributed by atoms with van der Waals surface area (Å²) in [7, 11) is 3.95. The largest absolute Gasteiger partial charge is 0.444 e. The van der Waals surface area contributed by atoms with E-state index in [0.29, 0.717) is 32.1 Å². The number of hydrogen-bond acceptors (Lipinski definition) is 6. The van der Waals surface area contributed by atoms with E-state index in [1.807, 2.05) is 59.0 Å². The molecular formula is C19H36N6O2S. The molecule has 1 rings (SSSR count). The third kappa shape index (κ3) is 9.25. The number of hydrogen-bond donors (Lipinski definition) is 2. The maximum Gasteiger partial charge on any atom is 0.410 e. The SMILES string of the molecule is CCCN(CCNC(=NCc1csc(N(C)C)n1)NCC)C(=O)OC(C)(C)C. The van der Waals surface area contributed by atoms with E-state index in [4.69, 9.17) is 4.74 Å². The van der Waals surface area contributed by atoms with Crippen molar-refractivity contribution < 1.29 is 9.53 Å². The van der Waals surface area contributed by atoms with Gasteiger partial charge in [0.05, 0.1) is 12.2 Å². The van der Waals surface area contributed by atoms with E-state index in [1.54, 1.807) is 16.2 Å².